The fourth-order valence-electron chi connectivity index (χ4n) is 13.1. The number of hydrogen-bond acceptors (Lipinski definition) is 17. The first-order valence-electron chi connectivity index (χ1n) is 35.7. The Morgan fingerprint density at radius 1 is 0.354 bits per heavy atom. The number of nitrogen functional groups attached to an aromatic ring is 2. The van der Waals surface area contributed by atoms with Gasteiger partial charge in [-0.25, -0.2) is 28.9 Å². The molecule has 0 spiro atoms. The van der Waals surface area contributed by atoms with Crippen LogP contribution in [0.5, 0.6) is 0 Å². The Hall–Kier alpha value is -15.0. The molecule has 0 atom stereocenters. The molecule has 0 aliphatic carbocycles. The smallest absolute Gasteiger partial charge is 0.373 e. The zero-order chi connectivity index (χ0) is 80.3. The van der Waals surface area contributed by atoms with Crippen LogP contribution in [0, 0.1) is 13.8 Å². The lowest BCUT2D eigenvalue weighted by Crippen LogP contribution is -2.29. The van der Waals surface area contributed by atoms with Crippen LogP contribution in [0.2, 0.25) is 0 Å². The van der Waals surface area contributed by atoms with Crippen LogP contribution in [0.1, 0.15) is 177 Å². The molecule has 0 fully saturated rings. The average Bonchev–Trinajstić information content (AvgIpc) is 1.65. The Labute approximate surface area is 648 Å². The van der Waals surface area contributed by atoms with Gasteiger partial charge in [-0.15, -0.1) is 0 Å². The van der Waals surface area contributed by atoms with Crippen molar-refractivity contribution in [2.75, 3.05) is 23.4 Å². The molecule has 20 nitrogen and oxygen atoms in total. The van der Waals surface area contributed by atoms with Gasteiger partial charge in [-0.3, -0.25) is 33.7 Å². The van der Waals surface area contributed by atoms with Gasteiger partial charge in [-0.1, -0.05) is 182 Å². The van der Waals surface area contributed by atoms with Crippen molar-refractivity contribution >= 4 is 88.3 Å². The van der Waals surface area contributed by atoms with Crippen LogP contribution in [-0.2, 0) is 44.7 Å². The molecular weight excluding hydrogens is 1430 g/mol. The molecule has 113 heavy (non-hydrogen) atoms. The van der Waals surface area contributed by atoms with E-state index in [4.69, 9.17) is 21.1 Å². The lowest BCUT2D eigenvalue weighted by atomic mass is 9.95. The van der Waals surface area contributed by atoms with E-state index in [1.165, 1.54) is 81.2 Å². The number of hydrogen-bond donors (Lipinski definition) is 3. The lowest BCUT2D eigenvalue weighted by molar-refractivity contribution is -0.191. The number of esters is 4. The molecule has 0 bridgehead atoms. The number of aryl methyl sites for hydroxylation is 2. The number of imide groups is 2. The molecule has 0 aromatic heterocycles. The molecule has 20 heteroatoms. The summed E-state index contributed by atoms with van der Waals surface area (Å²) in [4.78, 5) is 152. The number of anilines is 3. The molecule has 0 saturated heterocycles. The van der Waals surface area contributed by atoms with Crippen LogP contribution in [0.15, 0.2) is 261 Å². The highest BCUT2D eigenvalue weighted by molar-refractivity contribution is 6.35. The van der Waals surface area contributed by atoms with E-state index in [0.29, 0.717) is 67.7 Å². The zero-order valence-electron chi connectivity index (χ0n) is 61.5. The van der Waals surface area contributed by atoms with Crippen molar-refractivity contribution in [3.05, 3.63) is 372 Å². The Bertz CT molecular complexity index is 5730. The summed E-state index contributed by atoms with van der Waals surface area (Å²) < 4.78 is 9.06. The van der Waals surface area contributed by atoms with Gasteiger partial charge in [-0.2, -0.15) is 9.59 Å². The number of carbonyl (C=O) groups excluding carboxylic acids is 12. The van der Waals surface area contributed by atoms with Crippen LogP contribution in [0.3, 0.4) is 0 Å². The van der Waals surface area contributed by atoms with E-state index >= 15 is 0 Å². The third-order valence-electron chi connectivity index (χ3n) is 19.4. The highest BCUT2D eigenvalue weighted by Crippen LogP contribution is 2.36. The van der Waals surface area contributed by atoms with E-state index in [-0.39, 0.29) is 81.1 Å². The number of ketones is 2. The minimum atomic E-state index is -1.13. The monoisotopic (exact) mass is 1500 g/mol. The van der Waals surface area contributed by atoms with E-state index in [1.54, 1.807) is 104 Å². The molecule has 0 saturated carbocycles. The molecule has 12 aromatic rings. The van der Waals surface area contributed by atoms with E-state index in [0.717, 1.165) is 52.2 Å². The number of Topliss-reactive ketones (excluding diaryl/α,β-unsaturated/α-hetero) is 2. The number of carboxylic acid groups (broad SMARTS) is 1. The predicted molar refractivity (Wildman–Crippen MR) is 423 cm³/mol. The summed E-state index contributed by atoms with van der Waals surface area (Å²) >= 11 is 0. The molecule has 12 aromatic carbocycles. The number of rotatable bonds is 16. The van der Waals surface area contributed by atoms with E-state index in [9.17, 15) is 57.8 Å². The molecule has 4 amide bonds. The van der Waals surface area contributed by atoms with Crippen molar-refractivity contribution in [2.24, 2.45) is 0 Å². The van der Waals surface area contributed by atoms with Gasteiger partial charge < -0.3 is 26.0 Å². The van der Waals surface area contributed by atoms with Crippen molar-refractivity contribution in [3.8, 4) is 33.4 Å². The zero-order valence-corrected chi connectivity index (χ0v) is 61.5. The standard InChI is InChI=1S/C32H28O4.C31H22N2O4.C16H6O6.C13H14N2.CO2/c1-3-30(33)28-17-16-27(20-29(28)32(35)36)25-12-14-26(15-13-25)31(34)19-24-10-8-23(9-11-24)18-22-6-4-21(2)5-7-22;1-18-3-5-19(6-4-18)15-20-7-11-23(12-8-20)33-30(36)25-14-10-22(17-27(25)31(33)37)21-9-13-24-26(16-21)29(35)32(2)28(24)34;17-13-9-3-1-7(5-11(9)15(19)21-13)8-2-4-10-12(6-8)16(20)22-14(10)18;14-12-5-1-10(2-6-12)9-11-3-7-13(15)8-4-11;2-1-3/h4-17,20H,3,18-19H2,1-2H3,(H,35,36);3-14,16-17H,15H2,1-2H3;1-6H;1-8H,9,14-15H2;. The number of fused-ring (bicyclic) bond motifs is 4. The highest BCUT2D eigenvalue weighted by Gasteiger charge is 2.38. The maximum absolute atomic E-state index is 13.3. The van der Waals surface area contributed by atoms with Gasteiger partial charge in [0.2, 0.25) is 0 Å². The third-order valence-corrected chi connectivity index (χ3v) is 19.4. The first kappa shape index (κ1) is 77.6. The first-order chi connectivity index (χ1) is 54.3. The number of amides is 4. The maximum atomic E-state index is 13.3. The number of aromatic carboxylic acids is 1. The fourth-order valence-corrected chi connectivity index (χ4v) is 13.1. The topological polar surface area (TPSA) is 319 Å². The molecular formula is C93H70N4O16. The van der Waals surface area contributed by atoms with Crippen LogP contribution in [0.25, 0.3) is 33.4 Å². The second-order valence-electron chi connectivity index (χ2n) is 27.1. The molecule has 4 aliphatic heterocycles. The van der Waals surface area contributed by atoms with Crippen molar-refractivity contribution in [1.82, 2.24) is 4.90 Å². The fraction of sp³-hybridized carbons (Fsp3) is 0.0968. The largest absolute Gasteiger partial charge is 0.478 e. The number of nitrogens with two attached hydrogens (primary N) is 2. The summed E-state index contributed by atoms with van der Waals surface area (Å²) in [5, 5.41) is 9.54. The van der Waals surface area contributed by atoms with Crippen molar-refractivity contribution in [3.63, 3.8) is 0 Å². The molecule has 558 valence electrons. The molecule has 4 aliphatic rings. The van der Waals surface area contributed by atoms with Crippen molar-refractivity contribution in [1.29, 1.82) is 0 Å². The van der Waals surface area contributed by atoms with Gasteiger partial charge in [-0.05, 0) is 202 Å². The van der Waals surface area contributed by atoms with Gasteiger partial charge >= 0.3 is 36.0 Å². The lowest BCUT2D eigenvalue weighted by Gasteiger charge is -2.14. The van der Waals surface area contributed by atoms with Crippen LogP contribution < -0.4 is 16.4 Å². The van der Waals surface area contributed by atoms with Crippen LogP contribution in [-0.4, -0.2) is 88.2 Å². The summed E-state index contributed by atoms with van der Waals surface area (Å²) in [5.41, 5.74) is 31.1. The summed E-state index contributed by atoms with van der Waals surface area (Å²) in [5.74, 6) is -5.50. The summed E-state index contributed by atoms with van der Waals surface area (Å²) in [6.45, 7) is 5.83. The van der Waals surface area contributed by atoms with Crippen LogP contribution >= 0.6 is 0 Å². The Morgan fingerprint density at radius 3 is 1.10 bits per heavy atom. The third kappa shape index (κ3) is 17.8. The minimum absolute atomic E-state index is 0.00896. The van der Waals surface area contributed by atoms with E-state index in [1.807, 2.05) is 72.8 Å². The van der Waals surface area contributed by atoms with E-state index in [2.05, 4.69) is 84.0 Å². The average molecular weight is 1500 g/mol. The summed E-state index contributed by atoms with van der Waals surface area (Å²) in [6.07, 6.45) is 3.33. The summed E-state index contributed by atoms with van der Waals surface area (Å²) in [7, 11) is 1.45. The number of benzene rings is 12. The van der Waals surface area contributed by atoms with Gasteiger partial charge in [0, 0.05) is 42.4 Å². The first-order valence-corrected chi connectivity index (χ1v) is 35.7. The second-order valence-corrected chi connectivity index (χ2v) is 27.1. The number of carbonyl (C=O) groups is 11. The van der Waals surface area contributed by atoms with Crippen LogP contribution in [0.4, 0.5) is 17.1 Å². The Balaban J connectivity index is 0.000000145. The van der Waals surface area contributed by atoms with Gasteiger partial charge in [0.15, 0.2) is 11.6 Å². The Kier molecular flexibility index (Phi) is 23.4. The summed E-state index contributed by atoms with van der Waals surface area (Å²) in [6, 6.07) is 79.7. The van der Waals surface area contributed by atoms with Gasteiger partial charge in [0.05, 0.1) is 55.8 Å². The normalized spacial score (nSPS) is 12.6. The SMILES string of the molecule is CCC(=O)c1ccc(-c2ccc(C(=O)Cc3ccc(Cc4ccc(C)cc4)cc3)cc2)cc1C(=O)O.Cc1ccc(Cc2ccc(N3C(=O)c4ccc(-c5ccc6c(c5)C(=O)N(C)C6=O)cc4C3=O)cc2)cc1.Nc1ccc(Cc2ccc(N)cc2)cc1.O=C1OC(=O)c2cc(-c3ccc4c(c3)C(=O)OC4=O)ccc21.O=C=O. The van der Waals surface area contributed by atoms with Crippen molar-refractivity contribution in [2.45, 2.75) is 52.9 Å². The molecule has 0 radical (unpaired) electrons. The number of cyclic esters (lactones) is 4. The minimum Gasteiger partial charge on any atom is -0.478 e. The predicted octanol–water partition coefficient (Wildman–Crippen LogP) is 16.1. The second kappa shape index (κ2) is 34.1. The molecule has 0 unspecified atom stereocenters. The van der Waals surface area contributed by atoms with E-state index < -0.39 is 29.8 Å². The highest BCUT2D eigenvalue weighted by atomic mass is 16.6. The molecule has 5 N–H and O–H groups in total. The van der Waals surface area contributed by atoms with Gasteiger partial charge in [0.25, 0.3) is 23.6 Å². The number of nitrogens with zero attached hydrogens (tertiary/aromatic N) is 2. The van der Waals surface area contributed by atoms with Crippen molar-refractivity contribution < 1.29 is 76.9 Å². The molecule has 4 heterocycles. The quantitative estimate of drug-likeness (QED) is 0.0266. The Morgan fingerprint density at radius 2 is 0.673 bits per heavy atom. The molecule has 16 rings (SSSR count). The van der Waals surface area contributed by atoms with Gasteiger partial charge in [0.1, 0.15) is 0 Å². The number of carboxylic acids is 1. The number of ether oxygens (including phenoxy) is 2. The maximum Gasteiger partial charge on any atom is 0.373 e.